The number of carbonyl (C=O) groups is 1. The van der Waals surface area contributed by atoms with Gasteiger partial charge in [0.1, 0.15) is 28.8 Å². The fraction of sp³-hybridized carbons (Fsp3) is 0.194. The van der Waals surface area contributed by atoms with E-state index < -0.39 is 5.91 Å². The number of nitriles is 1. The zero-order valence-corrected chi connectivity index (χ0v) is 21.6. The number of anilines is 1. The van der Waals surface area contributed by atoms with Gasteiger partial charge < -0.3 is 14.8 Å². The van der Waals surface area contributed by atoms with Crippen molar-refractivity contribution in [3.8, 4) is 34.5 Å². The Balaban J connectivity index is 1.67. The molecule has 0 saturated heterocycles. The highest BCUT2D eigenvalue weighted by atomic mass is 16.5. The van der Waals surface area contributed by atoms with Gasteiger partial charge in [0.15, 0.2) is 0 Å². The van der Waals surface area contributed by atoms with Gasteiger partial charge in [-0.3, -0.25) is 4.79 Å². The van der Waals surface area contributed by atoms with E-state index in [1.807, 2.05) is 73.8 Å². The molecule has 38 heavy (non-hydrogen) atoms. The Bertz CT molecular complexity index is 1430. The number of nitrogens with zero attached hydrogens (tertiary/aromatic N) is 3. The normalized spacial score (nSPS) is 11.0. The number of aromatic nitrogens is 2. The maximum Gasteiger partial charge on any atom is 0.266 e. The van der Waals surface area contributed by atoms with Crippen LogP contribution >= 0.6 is 0 Å². The van der Waals surface area contributed by atoms with Crippen LogP contribution in [-0.4, -0.2) is 28.9 Å². The van der Waals surface area contributed by atoms with Gasteiger partial charge in [-0.1, -0.05) is 43.7 Å². The molecule has 1 N–H and O–H groups in total. The van der Waals surface area contributed by atoms with Gasteiger partial charge in [0.05, 0.1) is 18.9 Å². The molecule has 0 aliphatic rings. The number of ether oxygens (including phenoxy) is 2. The number of benzene rings is 3. The van der Waals surface area contributed by atoms with E-state index in [1.165, 1.54) is 0 Å². The van der Waals surface area contributed by atoms with Crippen LogP contribution in [0.3, 0.4) is 0 Å². The van der Waals surface area contributed by atoms with Crippen molar-refractivity contribution in [1.82, 2.24) is 9.78 Å². The van der Waals surface area contributed by atoms with E-state index in [0.29, 0.717) is 35.9 Å². The third-order valence-electron chi connectivity index (χ3n) is 5.73. The highest BCUT2D eigenvalue weighted by Crippen LogP contribution is 2.29. The predicted octanol–water partition coefficient (Wildman–Crippen LogP) is 6.66. The Morgan fingerprint density at radius 1 is 1.00 bits per heavy atom. The molecule has 0 aliphatic heterocycles. The predicted molar refractivity (Wildman–Crippen MR) is 149 cm³/mol. The van der Waals surface area contributed by atoms with Crippen LogP contribution in [0.15, 0.2) is 90.6 Å². The fourth-order valence-corrected chi connectivity index (χ4v) is 3.80. The van der Waals surface area contributed by atoms with Crippen LogP contribution in [0.5, 0.6) is 11.5 Å². The molecule has 0 radical (unpaired) electrons. The number of carbonyl (C=O) groups excluding carboxylic acids is 1. The van der Waals surface area contributed by atoms with Crippen LogP contribution in [0.1, 0.15) is 32.3 Å². The molecule has 4 rings (SSSR count). The minimum atomic E-state index is -0.508. The molecular formula is C31H30N4O3. The smallest absolute Gasteiger partial charge is 0.266 e. The van der Waals surface area contributed by atoms with Crippen LogP contribution in [0.2, 0.25) is 0 Å². The average molecular weight is 507 g/mol. The summed E-state index contributed by atoms with van der Waals surface area (Å²) in [5, 5.41) is 17.4. The van der Waals surface area contributed by atoms with Crippen molar-refractivity contribution in [3.63, 3.8) is 0 Å². The van der Waals surface area contributed by atoms with Crippen molar-refractivity contribution in [2.75, 3.05) is 18.5 Å². The molecule has 7 nitrogen and oxygen atoms in total. The number of nitrogens with one attached hydrogen (secondary N) is 1. The van der Waals surface area contributed by atoms with E-state index >= 15 is 0 Å². The summed E-state index contributed by atoms with van der Waals surface area (Å²) in [6.45, 7) is 5.21. The number of amides is 1. The number of para-hydroxylation sites is 1. The van der Waals surface area contributed by atoms with Crippen LogP contribution in [0.25, 0.3) is 23.0 Å². The lowest BCUT2D eigenvalue weighted by Gasteiger charge is -2.08. The standard InChI is InChI=1S/C31H30N4O3/c1-3-5-18-38-29-13-9-10-23(20-29)30-25(22-35(34-30)27-11-7-6-8-12-27)19-24(21-32)31(36)33-26-14-16-28(17-15-26)37-4-2/h6-17,19-20,22H,3-5,18H2,1-2H3,(H,33,36)/b24-19-. The first-order valence-corrected chi connectivity index (χ1v) is 12.7. The molecular weight excluding hydrogens is 476 g/mol. The highest BCUT2D eigenvalue weighted by Gasteiger charge is 2.16. The van der Waals surface area contributed by atoms with Gasteiger partial charge in [-0.15, -0.1) is 0 Å². The molecule has 7 heteroatoms. The molecule has 1 amide bonds. The summed E-state index contributed by atoms with van der Waals surface area (Å²) in [7, 11) is 0. The van der Waals surface area contributed by atoms with E-state index in [4.69, 9.17) is 14.6 Å². The van der Waals surface area contributed by atoms with Gasteiger partial charge >= 0.3 is 0 Å². The van der Waals surface area contributed by atoms with Gasteiger partial charge in [-0.2, -0.15) is 10.4 Å². The molecule has 1 aromatic heterocycles. The van der Waals surface area contributed by atoms with Crippen molar-refractivity contribution < 1.29 is 14.3 Å². The van der Waals surface area contributed by atoms with Crippen molar-refractivity contribution in [3.05, 3.63) is 96.2 Å². The molecule has 3 aromatic carbocycles. The summed E-state index contributed by atoms with van der Waals surface area (Å²) >= 11 is 0. The Morgan fingerprint density at radius 2 is 1.79 bits per heavy atom. The second kappa shape index (κ2) is 12.9. The van der Waals surface area contributed by atoms with Crippen molar-refractivity contribution in [1.29, 1.82) is 5.26 Å². The molecule has 0 aliphatic carbocycles. The maximum absolute atomic E-state index is 13.0. The fourth-order valence-electron chi connectivity index (χ4n) is 3.80. The first kappa shape index (κ1) is 26.2. The lowest BCUT2D eigenvalue weighted by atomic mass is 10.1. The SMILES string of the molecule is CCCCOc1cccc(-c2nn(-c3ccccc3)cc2/C=C(/C#N)C(=O)Nc2ccc(OCC)cc2)c1. The minimum Gasteiger partial charge on any atom is -0.494 e. The Morgan fingerprint density at radius 3 is 2.50 bits per heavy atom. The molecule has 0 spiro atoms. The summed E-state index contributed by atoms with van der Waals surface area (Å²) in [5.74, 6) is 0.945. The quantitative estimate of drug-likeness (QED) is 0.140. The Hall–Kier alpha value is -4.83. The van der Waals surface area contributed by atoms with E-state index in [2.05, 4.69) is 12.2 Å². The lowest BCUT2D eigenvalue weighted by Crippen LogP contribution is -2.13. The molecule has 4 aromatic rings. The molecule has 192 valence electrons. The van der Waals surface area contributed by atoms with Crippen LogP contribution in [-0.2, 0) is 4.79 Å². The zero-order valence-electron chi connectivity index (χ0n) is 21.6. The number of hydrogen-bond donors (Lipinski definition) is 1. The van der Waals surface area contributed by atoms with E-state index in [0.717, 1.165) is 29.8 Å². The Labute approximate surface area is 223 Å². The third kappa shape index (κ3) is 6.68. The van der Waals surface area contributed by atoms with Gasteiger partial charge in [0.25, 0.3) is 5.91 Å². The van der Waals surface area contributed by atoms with Gasteiger partial charge in [-0.25, -0.2) is 4.68 Å². The zero-order chi connectivity index (χ0) is 26.7. The maximum atomic E-state index is 13.0. The number of rotatable bonds is 11. The van der Waals surface area contributed by atoms with Crippen molar-refractivity contribution in [2.24, 2.45) is 0 Å². The van der Waals surface area contributed by atoms with E-state index in [9.17, 15) is 10.1 Å². The van der Waals surface area contributed by atoms with Gasteiger partial charge in [0, 0.05) is 23.0 Å². The largest absolute Gasteiger partial charge is 0.494 e. The lowest BCUT2D eigenvalue weighted by molar-refractivity contribution is -0.112. The van der Waals surface area contributed by atoms with E-state index in [-0.39, 0.29) is 5.57 Å². The summed E-state index contributed by atoms with van der Waals surface area (Å²) < 4.78 is 13.1. The van der Waals surface area contributed by atoms with Gasteiger partial charge in [0.2, 0.25) is 0 Å². The third-order valence-corrected chi connectivity index (χ3v) is 5.73. The monoisotopic (exact) mass is 506 g/mol. The van der Waals surface area contributed by atoms with Gasteiger partial charge in [-0.05, 0) is 68.0 Å². The van der Waals surface area contributed by atoms with Crippen LogP contribution in [0.4, 0.5) is 5.69 Å². The molecule has 0 fully saturated rings. The molecule has 0 saturated carbocycles. The molecule has 0 unspecified atom stereocenters. The second-order valence-corrected chi connectivity index (χ2v) is 8.52. The highest BCUT2D eigenvalue weighted by molar-refractivity contribution is 6.10. The molecule has 0 atom stereocenters. The summed E-state index contributed by atoms with van der Waals surface area (Å²) in [6.07, 6.45) is 5.40. The topological polar surface area (TPSA) is 89.2 Å². The Kier molecular flexibility index (Phi) is 8.93. The van der Waals surface area contributed by atoms with Crippen molar-refractivity contribution in [2.45, 2.75) is 26.7 Å². The average Bonchev–Trinajstić information content (AvgIpc) is 3.38. The molecule has 0 bridgehead atoms. The summed E-state index contributed by atoms with van der Waals surface area (Å²) in [6, 6.07) is 26.4. The van der Waals surface area contributed by atoms with Crippen LogP contribution < -0.4 is 14.8 Å². The van der Waals surface area contributed by atoms with Crippen molar-refractivity contribution >= 4 is 17.7 Å². The first-order chi connectivity index (χ1) is 18.6. The van der Waals surface area contributed by atoms with Crippen LogP contribution in [0, 0.1) is 11.3 Å². The minimum absolute atomic E-state index is 0.0388. The first-order valence-electron chi connectivity index (χ1n) is 12.7. The number of unbranched alkanes of at least 4 members (excludes halogenated alkanes) is 1. The second-order valence-electron chi connectivity index (χ2n) is 8.52. The number of hydrogen-bond acceptors (Lipinski definition) is 5. The summed E-state index contributed by atoms with van der Waals surface area (Å²) in [5.41, 5.74) is 3.49. The van der Waals surface area contributed by atoms with E-state index in [1.54, 1.807) is 35.0 Å². The molecule has 1 heterocycles. The summed E-state index contributed by atoms with van der Waals surface area (Å²) in [4.78, 5) is 13.0.